The number of urea groups is 1. The zero-order chi connectivity index (χ0) is 18.1. The molecule has 0 aliphatic carbocycles. The number of imide groups is 1. The Kier molecular flexibility index (Phi) is 3.95. The standard InChI is InChI=1S/C20H19N3O3/c24-17(11-10-14-6-2-1-3-7-14)23-13-12-20(18(25)21-19(26)22-20)15-8-4-5-9-16(15)23/h1-9H,10-13H2,(H2,21,22,25,26). The van der Waals surface area contributed by atoms with Crippen molar-refractivity contribution in [2.24, 2.45) is 0 Å². The Morgan fingerprint density at radius 3 is 2.50 bits per heavy atom. The van der Waals surface area contributed by atoms with Gasteiger partial charge in [0.25, 0.3) is 5.91 Å². The summed E-state index contributed by atoms with van der Waals surface area (Å²) in [7, 11) is 0. The van der Waals surface area contributed by atoms with Gasteiger partial charge in [-0.15, -0.1) is 0 Å². The van der Waals surface area contributed by atoms with Crippen molar-refractivity contribution in [2.45, 2.75) is 24.8 Å². The summed E-state index contributed by atoms with van der Waals surface area (Å²) in [6, 6.07) is 16.7. The third-order valence-electron chi connectivity index (χ3n) is 5.08. The van der Waals surface area contributed by atoms with E-state index in [1.54, 1.807) is 11.0 Å². The second-order valence-corrected chi connectivity index (χ2v) is 6.61. The smallest absolute Gasteiger partial charge is 0.319 e. The zero-order valence-electron chi connectivity index (χ0n) is 14.2. The minimum atomic E-state index is -1.08. The quantitative estimate of drug-likeness (QED) is 0.833. The molecule has 26 heavy (non-hydrogen) atoms. The van der Waals surface area contributed by atoms with Crippen LogP contribution in [0.4, 0.5) is 10.5 Å². The van der Waals surface area contributed by atoms with Crippen molar-refractivity contribution >= 4 is 23.5 Å². The Labute approximate surface area is 151 Å². The Morgan fingerprint density at radius 2 is 1.77 bits per heavy atom. The molecular formula is C20H19N3O3. The van der Waals surface area contributed by atoms with E-state index >= 15 is 0 Å². The van der Waals surface area contributed by atoms with Gasteiger partial charge in [0.05, 0.1) is 0 Å². The molecule has 2 heterocycles. The molecule has 0 radical (unpaired) electrons. The van der Waals surface area contributed by atoms with Crippen molar-refractivity contribution in [3.63, 3.8) is 0 Å². The van der Waals surface area contributed by atoms with E-state index < -0.39 is 11.6 Å². The molecule has 132 valence electrons. The first-order valence-electron chi connectivity index (χ1n) is 8.67. The van der Waals surface area contributed by atoms with E-state index in [1.807, 2.05) is 48.5 Å². The first-order valence-corrected chi connectivity index (χ1v) is 8.67. The minimum absolute atomic E-state index is 0.0147. The fraction of sp³-hybridized carbons (Fsp3) is 0.250. The molecular weight excluding hydrogens is 330 g/mol. The summed E-state index contributed by atoms with van der Waals surface area (Å²) in [6.45, 7) is 0.387. The van der Waals surface area contributed by atoms with Crippen molar-refractivity contribution in [1.82, 2.24) is 10.6 Å². The van der Waals surface area contributed by atoms with Crippen LogP contribution in [0.25, 0.3) is 0 Å². The third-order valence-corrected chi connectivity index (χ3v) is 5.08. The molecule has 1 spiro atoms. The Hall–Kier alpha value is -3.15. The van der Waals surface area contributed by atoms with Gasteiger partial charge in [0.15, 0.2) is 0 Å². The fourth-order valence-electron chi connectivity index (χ4n) is 3.75. The van der Waals surface area contributed by atoms with E-state index in [2.05, 4.69) is 10.6 Å². The van der Waals surface area contributed by atoms with E-state index in [0.717, 1.165) is 5.56 Å². The lowest BCUT2D eigenvalue weighted by atomic mass is 9.82. The molecule has 4 amide bonds. The van der Waals surface area contributed by atoms with Crippen LogP contribution in [0.15, 0.2) is 54.6 Å². The number of hydrogen-bond donors (Lipinski definition) is 2. The molecule has 0 saturated carbocycles. The molecule has 1 atom stereocenters. The Morgan fingerprint density at radius 1 is 1.04 bits per heavy atom. The van der Waals surface area contributed by atoms with E-state index in [0.29, 0.717) is 37.1 Å². The van der Waals surface area contributed by atoms with Gasteiger partial charge in [0.1, 0.15) is 5.54 Å². The highest BCUT2D eigenvalue weighted by Gasteiger charge is 2.51. The van der Waals surface area contributed by atoms with Gasteiger partial charge < -0.3 is 10.2 Å². The molecule has 2 aromatic rings. The molecule has 6 heteroatoms. The number of fused-ring (bicyclic) bond motifs is 2. The first kappa shape index (κ1) is 16.3. The van der Waals surface area contributed by atoms with Crippen molar-refractivity contribution in [1.29, 1.82) is 0 Å². The molecule has 2 aliphatic heterocycles. The lowest BCUT2D eigenvalue weighted by Gasteiger charge is -2.39. The Balaban J connectivity index is 1.59. The number of amides is 4. The maximum atomic E-state index is 12.8. The molecule has 4 rings (SSSR count). The van der Waals surface area contributed by atoms with Gasteiger partial charge in [-0.1, -0.05) is 48.5 Å². The van der Waals surface area contributed by atoms with E-state index in [9.17, 15) is 14.4 Å². The SMILES string of the molecule is O=C1NC(=O)C2(CCN(C(=O)CCc3ccccc3)c3ccccc32)N1. The van der Waals surface area contributed by atoms with Gasteiger partial charge in [-0.05, 0) is 18.1 Å². The summed E-state index contributed by atoms with van der Waals surface area (Å²) in [4.78, 5) is 38.6. The predicted molar refractivity (Wildman–Crippen MR) is 96.5 cm³/mol. The summed E-state index contributed by atoms with van der Waals surface area (Å²) in [5, 5.41) is 5.07. The van der Waals surface area contributed by atoms with Gasteiger partial charge in [-0.2, -0.15) is 0 Å². The van der Waals surface area contributed by atoms with Crippen LogP contribution in [-0.2, 0) is 21.5 Å². The lowest BCUT2D eigenvalue weighted by Crippen LogP contribution is -2.52. The summed E-state index contributed by atoms with van der Waals surface area (Å²) in [6.07, 6.45) is 1.42. The summed E-state index contributed by atoms with van der Waals surface area (Å²) in [5.74, 6) is -0.341. The van der Waals surface area contributed by atoms with Gasteiger partial charge >= 0.3 is 6.03 Å². The van der Waals surface area contributed by atoms with Crippen molar-refractivity contribution in [2.75, 3.05) is 11.4 Å². The van der Waals surface area contributed by atoms with Crippen molar-refractivity contribution in [3.05, 3.63) is 65.7 Å². The molecule has 2 aliphatic rings. The number of nitrogens with zero attached hydrogens (tertiary/aromatic N) is 1. The van der Waals surface area contributed by atoms with Crippen molar-refractivity contribution < 1.29 is 14.4 Å². The maximum Gasteiger partial charge on any atom is 0.322 e. The molecule has 0 aromatic heterocycles. The largest absolute Gasteiger partial charge is 0.322 e. The van der Waals surface area contributed by atoms with Gasteiger partial charge in [0.2, 0.25) is 5.91 Å². The van der Waals surface area contributed by atoms with Gasteiger partial charge in [-0.25, -0.2) is 4.79 Å². The topological polar surface area (TPSA) is 78.5 Å². The van der Waals surface area contributed by atoms with E-state index in [1.165, 1.54) is 0 Å². The third kappa shape index (κ3) is 2.63. The number of hydrogen-bond acceptors (Lipinski definition) is 3. The molecule has 2 N–H and O–H groups in total. The number of nitrogens with one attached hydrogen (secondary N) is 2. The minimum Gasteiger partial charge on any atom is -0.319 e. The summed E-state index contributed by atoms with van der Waals surface area (Å²) >= 11 is 0. The highest BCUT2D eigenvalue weighted by molar-refractivity contribution is 6.09. The predicted octanol–water partition coefficient (Wildman–Crippen LogP) is 2.09. The average Bonchev–Trinajstić information content (AvgIpc) is 2.95. The number of aryl methyl sites for hydroxylation is 1. The lowest BCUT2D eigenvalue weighted by molar-refractivity contribution is -0.125. The monoisotopic (exact) mass is 349 g/mol. The number of carbonyl (C=O) groups is 3. The maximum absolute atomic E-state index is 12.8. The van der Waals surface area contributed by atoms with Crippen LogP contribution >= 0.6 is 0 Å². The first-order chi connectivity index (χ1) is 12.6. The number of anilines is 1. The number of benzene rings is 2. The van der Waals surface area contributed by atoms with Crippen LogP contribution in [0.1, 0.15) is 24.0 Å². The molecule has 6 nitrogen and oxygen atoms in total. The average molecular weight is 349 g/mol. The van der Waals surface area contributed by atoms with Crippen LogP contribution in [0.2, 0.25) is 0 Å². The van der Waals surface area contributed by atoms with Crippen molar-refractivity contribution in [3.8, 4) is 0 Å². The van der Waals surface area contributed by atoms with E-state index in [4.69, 9.17) is 0 Å². The molecule has 1 saturated heterocycles. The summed E-state index contributed by atoms with van der Waals surface area (Å²) in [5.41, 5.74) is 1.39. The van der Waals surface area contributed by atoms with Crippen LogP contribution in [-0.4, -0.2) is 24.4 Å². The normalized spacial score (nSPS) is 21.3. The molecule has 1 unspecified atom stereocenters. The molecule has 2 aromatic carbocycles. The van der Waals surface area contributed by atoms with Crippen LogP contribution in [0.5, 0.6) is 0 Å². The zero-order valence-corrected chi connectivity index (χ0v) is 14.2. The van der Waals surface area contributed by atoms with Gasteiger partial charge in [-0.3, -0.25) is 14.9 Å². The number of rotatable bonds is 3. The second kappa shape index (κ2) is 6.29. The fourth-order valence-corrected chi connectivity index (χ4v) is 3.75. The molecule has 1 fully saturated rings. The van der Waals surface area contributed by atoms with Gasteiger partial charge in [0, 0.05) is 30.6 Å². The molecule has 0 bridgehead atoms. The van der Waals surface area contributed by atoms with E-state index in [-0.39, 0.29) is 11.8 Å². The Bertz CT molecular complexity index is 881. The number of para-hydroxylation sites is 1. The highest BCUT2D eigenvalue weighted by Crippen LogP contribution is 2.40. The summed E-state index contributed by atoms with van der Waals surface area (Å²) < 4.78 is 0. The second-order valence-electron chi connectivity index (χ2n) is 6.61. The van der Waals surface area contributed by atoms with Crippen LogP contribution < -0.4 is 15.5 Å². The number of carbonyl (C=O) groups excluding carboxylic acids is 3. The van der Waals surface area contributed by atoms with Crippen LogP contribution in [0.3, 0.4) is 0 Å². The van der Waals surface area contributed by atoms with Crippen LogP contribution in [0, 0.1) is 0 Å². The highest BCUT2D eigenvalue weighted by atomic mass is 16.2.